The number of hydrogen-bond acceptors (Lipinski definition) is 3. The number of benzene rings is 3. The fourth-order valence-electron chi connectivity index (χ4n) is 2.67. The van der Waals surface area contributed by atoms with E-state index in [2.05, 4.69) is 5.32 Å². The van der Waals surface area contributed by atoms with Gasteiger partial charge in [-0.05, 0) is 59.7 Å². The van der Waals surface area contributed by atoms with Gasteiger partial charge in [-0.2, -0.15) is 0 Å². The lowest BCUT2D eigenvalue weighted by molar-refractivity contribution is -0.111. The van der Waals surface area contributed by atoms with E-state index in [1.54, 1.807) is 13.2 Å². The number of carbonyl (C=O) groups excluding carboxylic acids is 1. The number of methoxy groups -OCH3 is 1. The molecule has 1 amide bonds. The molecule has 3 rings (SSSR count). The summed E-state index contributed by atoms with van der Waals surface area (Å²) in [4.78, 5) is 12.2. The van der Waals surface area contributed by atoms with Crippen molar-refractivity contribution in [2.75, 3.05) is 19.0 Å². The SMILES string of the molecule is CCOc1ccccc1NC(=O)/C=C/c1ccc2cc(OC)ccc2c1. The number of fused-ring (bicyclic) bond motifs is 1. The third-order valence-electron chi connectivity index (χ3n) is 3.94. The van der Waals surface area contributed by atoms with Crippen molar-refractivity contribution in [3.8, 4) is 11.5 Å². The van der Waals surface area contributed by atoms with Crippen LogP contribution in [-0.4, -0.2) is 19.6 Å². The van der Waals surface area contributed by atoms with Crippen molar-refractivity contribution >= 4 is 28.4 Å². The Morgan fingerprint density at radius 3 is 2.62 bits per heavy atom. The van der Waals surface area contributed by atoms with E-state index >= 15 is 0 Å². The van der Waals surface area contributed by atoms with Crippen molar-refractivity contribution in [2.45, 2.75) is 6.92 Å². The molecule has 0 bridgehead atoms. The predicted octanol–water partition coefficient (Wildman–Crippen LogP) is 4.90. The summed E-state index contributed by atoms with van der Waals surface area (Å²) >= 11 is 0. The molecule has 0 aliphatic rings. The van der Waals surface area contributed by atoms with Crippen molar-refractivity contribution in [1.29, 1.82) is 0 Å². The average Bonchev–Trinajstić information content (AvgIpc) is 2.67. The van der Waals surface area contributed by atoms with Crippen LogP contribution in [0.3, 0.4) is 0 Å². The van der Waals surface area contributed by atoms with Gasteiger partial charge in [-0.1, -0.05) is 30.3 Å². The largest absolute Gasteiger partial charge is 0.497 e. The van der Waals surface area contributed by atoms with Gasteiger partial charge in [0, 0.05) is 6.08 Å². The Labute approximate surface area is 153 Å². The summed E-state index contributed by atoms with van der Waals surface area (Å²) in [7, 11) is 1.65. The van der Waals surface area contributed by atoms with Crippen LogP contribution >= 0.6 is 0 Å². The highest BCUT2D eigenvalue weighted by atomic mass is 16.5. The highest BCUT2D eigenvalue weighted by Crippen LogP contribution is 2.24. The molecule has 0 fully saturated rings. The highest BCUT2D eigenvalue weighted by Gasteiger charge is 2.05. The molecule has 0 heterocycles. The number of ether oxygens (including phenoxy) is 2. The maximum Gasteiger partial charge on any atom is 0.248 e. The summed E-state index contributed by atoms with van der Waals surface area (Å²) < 4.78 is 10.8. The normalized spacial score (nSPS) is 10.8. The summed E-state index contributed by atoms with van der Waals surface area (Å²) in [5.41, 5.74) is 1.62. The van der Waals surface area contributed by atoms with Crippen LogP contribution in [0.4, 0.5) is 5.69 Å². The average molecular weight is 347 g/mol. The molecule has 0 aromatic heterocycles. The number of para-hydroxylation sites is 2. The Bertz CT molecular complexity index is 947. The summed E-state index contributed by atoms with van der Waals surface area (Å²) in [6.07, 6.45) is 3.32. The molecule has 3 aromatic carbocycles. The van der Waals surface area contributed by atoms with Crippen molar-refractivity contribution in [2.24, 2.45) is 0 Å². The van der Waals surface area contributed by atoms with Gasteiger partial charge in [0.05, 0.1) is 19.4 Å². The lowest BCUT2D eigenvalue weighted by atomic mass is 10.1. The van der Waals surface area contributed by atoms with Gasteiger partial charge in [0.2, 0.25) is 5.91 Å². The van der Waals surface area contributed by atoms with E-state index in [0.717, 1.165) is 22.1 Å². The van der Waals surface area contributed by atoms with Gasteiger partial charge in [0.25, 0.3) is 0 Å². The first-order valence-electron chi connectivity index (χ1n) is 8.48. The summed E-state index contributed by atoms with van der Waals surface area (Å²) in [6, 6.07) is 19.3. The van der Waals surface area contributed by atoms with Crippen LogP contribution in [0.5, 0.6) is 11.5 Å². The van der Waals surface area contributed by atoms with E-state index in [4.69, 9.17) is 9.47 Å². The topological polar surface area (TPSA) is 47.6 Å². The van der Waals surface area contributed by atoms with Crippen LogP contribution < -0.4 is 14.8 Å². The Morgan fingerprint density at radius 2 is 1.81 bits per heavy atom. The minimum absolute atomic E-state index is 0.202. The zero-order chi connectivity index (χ0) is 18.4. The first-order valence-corrected chi connectivity index (χ1v) is 8.48. The van der Waals surface area contributed by atoms with E-state index in [9.17, 15) is 4.79 Å². The first kappa shape index (κ1) is 17.5. The Hall–Kier alpha value is -3.27. The molecule has 0 saturated heterocycles. The van der Waals surface area contributed by atoms with Crippen LogP contribution in [0.2, 0.25) is 0 Å². The summed E-state index contributed by atoms with van der Waals surface area (Å²) in [5.74, 6) is 1.29. The zero-order valence-corrected chi connectivity index (χ0v) is 14.9. The number of nitrogens with one attached hydrogen (secondary N) is 1. The molecule has 26 heavy (non-hydrogen) atoms. The molecule has 0 unspecified atom stereocenters. The van der Waals surface area contributed by atoms with Gasteiger partial charge in [-0.15, -0.1) is 0 Å². The molecule has 4 heteroatoms. The van der Waals surface area contributed by atoms with Crippen molar-refractivity contribution in [1.82, 2.24) is 0 Å². The zero-order valence-electron chi connectivity index (χ0n) is 14.9. The van der Waals surface area contributed by atoms with Gasteiger partial charge in [-0.3, -0.25) is 4.79 Å². The number of carbonyl (C=O) groups is 1. The van der Waals surface area contributed by atoms with Gasteiger partial charge in [0.1, 0.15) is 11.5 Å². The molecule has 0 radical (unpaired) electrons. The first-order chi connectivity index (χ1) is 12.7. The lowest BCUT2D eigenvalue weighted by Crippen LogP contribution is -2.09. The van der Waals surface area contributed by atoms with Crippen LogP contribution in [0.15, 0.2) is 66.7 Å². The number of rotatable bonds is 6. The highest BCUT2D eigenvalue weighted by molar-refractivity contribution is 6.03. The van der Waals surface area contributed by atoms with Gasteiger partial charge in [0.15, 0.2) is 0 Å². The Morgan fingerprint density at radius 1 is 1.04 bits per heavy atom. The molecule has 0 saturated carbocycles. The minimum atomic E-state index is -0.202. The second kappa shape index (κ2) is 8.21. The van der Waals surface area contributed by atoms with Gasteiger partial charge in [-0.25, -0.2) is 0 Å². The fraction of sp³-hybridized carbons (Fsp3) is 0.136. The molecule has 0 aliphatic heterocycles. The Kier molecular flexibility index (Phi) is 5.54. The van der Waals surface area contributed by atoms with E-state index in [0.29, 0.717) is 18.0 Å². The molecule has 132 valence electrons. The third-order valence-corrected chi connectivity index (χ3v) is 3.94. The van der Waals surface area contributed by atoms with E-state index in [1.807, 2.05) is 67.6 Å². The van der Waals surface area contributed by atoms with E-state index in [1.165, 1.54) is 6.08 Å². The third kappa shape index (κ3) is 4.22. The summed E-state index contributed by atoms with van der Waals surface area (Å²) in [6.45, 7) is 2.46. The standard InChI is InChI=1S/C22H21NO3/c1-3-26-21-7-5-4-6-20(21)23-22(24)13-9-16-8-10-18-15-19(25-2)12-11-17(18)14-16/h4-15H,3H2,1-2H3,(H,23,24)/b13-9+. The molecule has 3 aromatic rings. The molecule has 0 aliphatic carbocycles. The minimum Gasteiger partial charge on any atom is -0.497 e. The smallest absolute Gasteiger partial charge is 0.248 e. The number of anilines is 1. The van der Waals surface area contributed by atoms with E-state index in [-0.39, 0.29) is 5.91 Å². The van der Waals surface area contributed by atoms with Gasteiger partial charge >= 0.3 is 0 Å². The monoisotopic (exact) mass is 347 g/mol. The molecule has 1 N–H and O–H groups in total. The van der Waals surface area contributed by atoms with E-state index < -0.39 is 0 Å². The predicted molar refractivity (Wildman–Crippen MR) is 106 cm³/mol. The van der Waals surface area contributed by atoms with Crippen molar-refractivity contribution in [3.63, 3.8) is 0 Å². The maximum atomic E-state index is 12.2. The summed E-state index contributed by atoms with van der Waals surface area (Å²) in [5, 5.41) is 5.04. The van der Waals surface area contributed by atoms with Crippen molar-refractivity contribution < 1.29 is 14.3 Å². The quantitative estimate of drug-likeness (QED) is 0.645. The van der Waals surface area contributed by atoms with Crippen LogP contribution in [-0.2, 0) is 4.79 Å². The maximum absolute atomic E-state index is 12.2. The fourth-order valence-corrected chi connectivity index (χ4v) is 2.67. The second-order valence-corrected chi connectivity index (χ2v) is 5.72. The molecule has 0 spiro atoms. The second-order valence-electron chi connectivity index (χ2n) is 5.72. The molecular formula is C22H21NO3. The number of amides is 1. The van der Waals surface area contributed by atoms with Crippen LogP contribution in [0.1, 0.15) is 12.5 Å². The molecular weight excluding hydrogens is 326 g/mol. The van der Waals surface area contributed by atoms with Crippen molar-refractivity contribution in [3.05, 3.63) is 72.3 Å². The van der Waals surface area contributed by atoms with Crippen LogP contribution in [0.25, 0.3) is 16.8 Å². The molecule has 0 atom stereocenters. The van der Waals surface area contributed by atoms with Crippen LogP contribution in [0, 0.1) is 0 Å². The lowest BCUT2D eigenvalue weighted by Gasteiger charge is -2.09. The Balaban J connectivity index is 1.73. The number of hydrogen-bond donors (Lipinski definition) is 1. The molecule has 4 nitrogen and oxygen atoms in total. The van der Waals surface area contributed by atoms with Gasteiger partial charge < -0.3 is 14.8 Å².